The number of ether oxygens (including phenoxy) is 1. The third-order valence-corrected chi connectivity index (χ3v) is 5.41. The van der Waals surface area contributed by atoms with E-state index < -0.39 is 47.4 Å². The van der Waals surface area contributed by atoms with Gasteiger partial charge in [-0.05, 0) is 6.07 Å². The molecule has 0 saturated carbocycles. The van der Waals surface area contributed by atoms with Crippen molar-refractivity contribution in [2.45, 2.75) is 24.9 Å². The van der Waals surface area contributed by atoms with Gasteiger partial charge in [-0.2, -0.15) is 18.6 Å². The van der Waals surface area contributed by atoms with Crippen molar-refractivity contribution in [1.29, 1.82) is 0 Å². The van der Waals surface area contributed by atoms with Crippen LogP contribution in [0.3, 0.4) is 0 Å². The Morgan fingerprint density at radius 2 is 2.18 bits per heavy atom. The highest BCUT2D eigenvalue weighted by Crippen LogP contribution is 2.40. The molecule has 3 rings (SSSR count). The number of aromatic nitrogens is 2. The first-order chi connectivity index (χ1) is 13.2. The minimum atomic E-state index is -3.03. The van der Waals surface area contributed by atoms with Gasteiger partial charge in [0.05, 0.1) is 0 Å². The lowest BCUT2D eigenvalue weighted by Crippen LogP contribution is -2.70. The van der Waals surface area contributed by atoms with Gasteiger partial charge in [-0.1, -0.05) is 0 Å². The average Bonchev–Trinajstić information content (AvgIpc) is 3.13. The summed E-state index contributed by atoms with van der Waals surface area (Å²) in [6.45, 7) is -2.13. The first-order valence-corrected chi connectivity index (χ1v) is 8.93. The number of rotatable bonds is 6. The van der Waals surface area contributed by atoms with Crippen LogP contribution < -0.4 is 5.32 Å². The van der Waals surface area contributed by atoms with Gasteiger partial charge in [0.15, 0.2) is 0 Å². The molecule has 1 aromatic rings. The Hall–Kier alpha value is -2.96. The molecule has 0 aromatic carbocycles. The maximum Gasteiger partial charge on any atom is 0.352 e. The largest absolute Gasteiger partial charge is 0.477 e. The van der Waals surface area contributed by atoms with E-state index in [2.05, 4.69) is 10.4 Å². The topological polar surface area (TPSA) is 131 Å². The minimum Gasteiger partial charge on any atom is -0.477 e. The summed E-state index contributed by atoms with van der Waals surface area (Å²) in [7, 11) is 0. The minimum absolute atomic E-state index is 0.157. The highest BCUT2D eigenvalue weighted by molar-refractivity contribution is 8.00. The Morgan fingerprint density at radius 3 is 2.79 bits per heavy atom. The summed E-state index contributed by atoms with van der Waals surface area (Å²) >= 11 is 1.16. The quantitative estimate of drug-likeness (QED) is 0.497. The maximum absolute atomic E-state index is 12.8. The van der Waals surface area contributed by atoms with Crippen LogP contribution in [0.2, 0.25) is 0 Å². The molecule has 2 aliphatic rings. The molecule has 0 spiro atoms. The van der Waals surface area contributed by atoms with Gasteiger partial charge >= 0.3 is 18.5 Å². The molecule has 2 atom stereocenters. The molecule has 0 bridgehead atoms. The molecule has 10 nitrogen and oxygen atoms in total. The van der Waals surface area contributed by atoms with Gasteiger partial charge in [0.1, 0.15) is 29.4 Å². The predicted molar refractivity (Wildman–Crippen MR) is 89.1 cm³/mol. The second-order valence-corrected chi connectivity index (χ2v) is 6.94. The Labute approximate surface area is 160 Å². The predicted octanol–water partition coefficient (Wildman–Crippen LogP) is 0.194. The second-order valence-electron chi connectivity index (χ2n) is 5.84. The monoisotopic (exact) mass is 416 g/mol. The van der Waals surface area contributed by atoms with Gasteiger partial charge in [-0.25, -0.2) is 4.79 Å². The van der Waals surface area contributed by atoms with E-state index in [-0.39, 0.29) is 28.3 Å². The smallest absolute Gasteiger partial charge is 0.352 e. The summed E-state index contributed by atoms with van der Waals surface area (Å²) < 4.78 is 30.7. The fraction of sp³-hybridized carbons (Fsp3) is 0.400. The second kappa shape index (κ2) is 7.58. The Morgan fingerprint density at radius 1 is 1.46 bits per heavy atom. The number of nitrogens with one attached hydrogen (secondary N) is 1. The number of esters is 1. The van der Waals surface area contributed by atoms with E-state index in [4.69, 9.17) is 4.74 Å². The third kappa shape index (κ3) is 3.44. The Kier molecular flexibility index (Phi) is 5.36. The van der Waals surface area contributed by atoms with Crippen LogP contribution in [0, 0.1) is 0 Å². The molecule has 13 heteroatoms. The number of carbonyl (C=O) groups excluding carboxylic acids is 3. The number of halogens is 2. The number of amides is 2. The van der Waals surface area contributed by atoms with Crippen LogP contribution in [0.4, 0.5) is 8.78 Å². The standard InChI is InChI=1S/C15H14F2N4O6S/c1-6(22)27-4-7-5-28-13-9(12(24)20(13)10(7)14(25)26)19-11(23)8-2-3-18-21(8)15(16)17/h2-3,9,13,15H,4-5H2,1H3,(H,19,23)(H,25,26)/t9-,13+/m0/s1. The van der Waals surface area contributed by atoms with Gasteiger partial charge in [0.25, 0.3) is 11.8 Å². The average molecular weight is 416 g/mol. The summed E-state index contributed by atoms with van der Waals surface area (Å²) in [6.07, 6.45) is 1.03. The lowest BCUT2D eigenvalue weighted by Gasteiger charge is -2.49. The first kappa shape index (κ1) is 19.8. The van der Waals surface area contributed by atoms with Crippen LogP contribution >= 0.6 is 11.8 Å². The van der Waals surface area contributed by atoms with Crippen molar-refractivity contribution in [3.63, 3.8) is 0 Å². The number of carbonyl (C=O) groups is 4. The zero-order chi connectivity index (χ0) is 20.6. The molecular formula is C15H14F2N4O6S. The van der Waals surface area contributed by atoms with Crippen molar-refractivity contribution in [3.8, 4) is 0 Å². The molecule has 0 radical (unpaired) electrons. The number of hydrogen-bond donors (Lipinski definition) is 2. The van der Waals surface area contributed by atoms with Crippen LogP contribution in [0.1, 0.15) is 24.0 Å². The van der Waals surface area contributed by atoms with E-state index in [0.717, 1.165) is 28.9 Å². The van der Waals surface area contributed by atoms with Crippen molar-refractivity contribution in [3.05, 3.63) is 29.2 Å². The fourth-order valence-electron chi connectivity index (χ4n) is 2.85. The van der Waals surface area contributed by atoms with E-state index in [1.165, 1.54) is 6.92 Å². The first-order valence-electron chi connectivity index (χ1n) is 7.88. The fourth-order valence-corrected chi connectivity index (χ4v) is 4.18. The highest BCUT2D eigenvalue weighted by Gasteiger charge is 2.54. The third-order valence-electron chi connectivity index (χ3n) is 4.07. The molecule has 28 heavy (non-hydrogen) atoms. The van der Waals surface area contributed by atoms with Crippen LogP contribution in [0.25, 0.3) is 0 Å². The lowest BCUT2D eigenvalue weighted by atomic mass is 10.0. The summed E-state index contributed by atoms with van der Waals surface area (Å²) in [5.41, 5.74) is -0.484. The zero-order valence-electron chi connectivity index (χ0n) is 14.3. The number of hydrogen-bond acceptors (Lipinski definition) is 7. The molecule has 0 aliphatic carbocycles. The van der Waals surface area contributed by atoms with Gasteiger partial charge < -0.3 is 15.2 Å². The van der Waals surface area contributed by atoms with Crippen molar-refractivity contribution < 1.29 is 37.8 Å². The number of carboxylic acid groups (broad SMARTS) is 1. The Balaban J connectivity index is 1.76. The summed E-state index contributed by atoms with van der Waals surface area (Å²) in [6, 6.07) is -0.000854. The summed E-state index contributed by atoms with van der Waals surface area (Å²) in [5, 5.41) is 14.4. The number of thioether (sulfide) groups is 1. The van der Waals surface area contributed by atoms with Crippen LogP contribution in [0.15, 0.2) is 23.5 Å². The number of aliphatic carboxylic acids is 1. The number of carboxylic acids is 1. The SMILES string of the molecule is CC(=O)OCC1=C(C(=O)O)N2C(=O)[C@H](NC(=O)c3ccnn3C(F)F)[C@H]2SC1. The van der Waals surface area contributed by atoms with Gasteiger partial charge in [0, 0.05) is 24.4 Å². The normalized spacial score (nSPS) is 21.3. The summed E-state index contributed by atoms with van der Waals surface area (Å²) in [5.74, 6) is -3.44. The number of β-lactam (4-membered cyclic amide) rings is 1. The zero-order valence-corrected chi connectivity index (χ0v) is 15.1. The lowest BCUT2D eigenvalue weighted by molar-refractivity contribution is -0.149. The van der Waals surface area contributed by atoms with Crippen LogP contribution in [-0.4, -0.2) is 67.3 Å². The van der Waals surface area contributed by atoms with Crippen LogP contribution in [0.5, 0.6) is 0 Å². The molecule has 1 aromatic heterocycles. The number of alkyl halides is 2. The molecule has 1 fully saturated rings. The van der Waals surface area contributed by atoms with E-state index >= 15 is 0 Å². The van der Waals surface area contributed by atoms with Crippen LogP contribution in [-0.2, 0) is 19.1 Å². The van der Waals surface area contributed by atoms with Crippen molar-refractivity contribution in [2.75, 3.05) is 12.4 Å². The molecule has 2 aliphatic heterocycles. The van der Waals surface area contributed by atoms with E-state index in [9.17, 15) is 33.1 Å². The Bertz CT molecular complexity index is 886. The van der Waals surface area contributed by atoms with E-state index in [1.807, 2.05) is 0 Å². The van der Waals surface area contributed by atoms with E-state index in [0.29, 0.717) is 0 Å². The molecular weight excluding hydrogens is 402 g/mol. The molecule has 2 N–H and O–H groups in total. The number of nitrogens with zero attached hydrogens (tertiary/aromatic N) is 3. The molecule has 2 amide bonds. The summed E-state index contributed by atoms with van der Waals surface area (Å²) in [4.78, 5) is 48.2. The van der Waals surface area contributed by atoms with Crippen molar-refractivity contribution in [2.24, 2.45) is 0 Å². The molecule has 0 unspecified atom stereocenters. The molecule has 150 valence electrons. The molecule has 1 saturated heterocycles. The van der Waals surface area contributed by atoms with Gasteiger partial charge in [0.2, 0.25) is 0 Å². The van der Waals surface area contributed by atoms with Gasteiger partial charge in [-0.3, -0.25) is 19.3 Å². The van der Waals surface area contributed by atoms with Crippen molar-refractivity contribution >= 4 is 35.5 Å². The number of fused-ring (bicyclic) bond motifs is 1. The van der Waals surface area contributed by atoms with Crippen molar-refractivity contribution in [1.82, 2.24) is 20.0 Å². The maximum atomic E-state index is 12.8. The molecule has 3 heterocycles. The van der Waals surface area contributed by atoms with Gasteiger partial charge in [-0.15, -0.1) is 11.8 Å². The van der Waals surface area contributed by atoms with E-state index in [1.54, 1.807) is 0 Å². The highest BCUT2D eigenvalue weighted by atomic mass is 32.2.